The summed E-state index contributed by atoms with van der Waals surface area (Å²) in [4.78, 5) is 15.8. The number of amides is 1. The van der Waals surface area contributed by atoms with Crippen LogP contribution in [0.25, 0.3) is 10.9 Å². The molecule has 35 heavy (non-hydrogen) atoms. The predicted octanol–water partition coefficient (Wildman–Crippen LogP) is 6.13. The lowest BCUT2D eigenvalue weighted by atomic mass is 9.88. The van der Waals surface area contributed by atoms with E-state index in [0.29, 0.717) is 11.4 Å². The minimum atomic E-state index is -0.0310. The molecule has 1 aromatic heterocycles. The van der Waals surface area contributed by atoms with Crippen LogP contribution in [-0.2, 0) is 18.4 Å². The van der Waals surface area contributed by atoms with Crippen molar-refractivity contribution >= 4 is 28.4 Å². The molecule has 1 aliphatic rings. The van der Waals surface area contributed by atoms with E-state index in [0.717, 1.165) is 38.0 Å². The van der Waals surface area contributed by atoms with Crippen LogP contribution in [0.4, 0.5) is 0 Å². The lowest BCUT2D eigenvalue weighted by Gasteiger charge is -2.32. The van der Waals surface area contributed by atoms with Crippen molar-refractivity contribution in [2.45, 2.75) is 37.8 Å². The van der Waals surface area contributed by atoms with Gasteiger partial charge in [0, 0.05) is 67.2 Å². The van der Waals surface area contributed by atoms with Crippen LogP contribution in [0.2, 0.25) is 5.02 Å². The summed E-state index contributed by atoms with van der Waals surface area (Å²) in [6.07, 6.45) is 4.55. The molecule has 1 N–H and O–H groups in total. The molecule has 3 aromatic carbocycles. The van der Waals surface area contributed by atoms with E-state index in [-0.39, 0.29) is 17.9 Å². The average molecular weight is 486 g/mol. The average Bonchev–Trinajstić information content (AvgIpc) is 3.21. The number of hydrogen-bond donors (Lipinski definition) is 1. The summed E-state index contributed by atoms with van der Waals surface area (Å²) in [6, 6.07) is 27.1. The molecule has 1 saturated heterocycles. The maximum Gasteiger partial charge on any atom is 0.221 e. The number of carbonyl (C=O) groups excluding carboxylic acids is 1. The maximum absolute atomic E-state index is 13.3. The summed E-state index contributed by atoms with van der Waals surface area (Å²) in [5, 5.41) is 5.24. The summed E-state index contributed by atoms with van der Waals surface area (Å²) < 4.78 is 2.15. The van der Waals surface area contributed by atoms with Crippen molar-refractivity contribution < 1.29 is 4.79 Å². The third-order valence-electron chi connectivity index (χ3n) is 7.17. The molecule has 0 unspecified atom stereocenters. The molecule has 1 atom stereocenters. The number of likely N-dealkylation sites (tertiary alicyclic amines) is 1. The molecular weight excluding hydrogens is 454 g/mol. The van der Waals surface area contributed by atoms with E-state index in [4.69, 9.17) is 11.6 Å². The number of para-hydroxylation sites is 1. The molecule has 180 valence electrons. The van der Waals surface area contributed by atoms with Gasteiger partial charge >= 0.3 is 0 Å². The quantitative estimate of drug-likeness (QED) is 0.341. The van der Waals surface area contributed by atoms with E-state index in [2.05, 4.69) is 82.6 Å². The van der Waals surface area contributed by atoms with E-state index >= 15 is 0 Å². The zero-order valence-electron chi connectivity index (χ0n) is 20.2. The van der Waals surface area contributed by atoms with Gasteiger partial charge in [-0.1, -0.05) is 72.3 Å². The molecule has 1 fully saturated rings. The van der Waals surface area contributed by atoms with Crippen molar-refractivity contribution in [3.05, 3.63) is 107 Å². The lowest BCUT2D eigenvalue weighted by Crippen LogP contribution is -2.44. The highest BCUT2D eigenvalue weighted by molar-refractivity contribution is 6.30. The normalized spacial score (nSPS) is 15.8. The van der Waals surface area contributed by atoms with Gasteiger partial charge in [-0.15, -0.1) is 0 Å². The second-order valence-corrected chi connectivity index (χ2v) is 10.1. The Balaban J connectivity index is 1.27. The first-order valence-corrected chi connectivity index (χ1v) is 12.8. The Labute approximate surface area is 212 Å². The van der Waals surface area contributed by atoms with Gasteiger partial charge in [-0.3, -0.25) is 9.69 Å². The Bertz CT molecular complexity index is 1270. The van der Waals surface area contributed by atoms with Crippen LogP contribution in [0.1, 0.15) is 41.9 Å². The Kier molecular flexibility index (Phi) is 7.21. The lowest BCUT2D eigenvalue weighted by molar-refractivity contribution is -0.122. The topological polar surface area (TPSA) is 37.3 Å². The number of rotatable bonds is 7. The largest absolute Gasteiger partial charge is 0.353 e. The number of aryl methyl sites for hydroxylation is 1. The van der Waals surface area contributed by atoms with Crippen LogP contribution < -0.4 is 5.32 Å². The molecule has 1 aliphatic heterocycles. The number of aromatic nitrogens is 1. The molecular formula is C30H32ClN3O. The number of nitrogens with one attached hydrogen (secondary N) is 1. The van der Waals surface area contributed by atoms with Crippen molar-refractivity contribution in [2.75, 3.05) is 13.1 Å². The van der Waals surface area contributed by atoms with E-state index in [1.54, 1.807) is 0 Å². The fraction of sp³-hybridized carbons (Fsp3) is 0.300. The van der Waals surface area contributed by atoms with Gasteiger partial charge in [0.1, 0.15) is 0 Å². The summed E-state index contributed by atoms with van der Waals surface area (Å²) in [5.41, 5.74) is 4.81. The molecule has 4 nitrogen and oxygen atoms in total. The highest BCUT2D eigenvalue weighted by Crippen LogP contribution is 2.35. The Morgan fingerprint density at radius 1 is 0.971 bits per heavy atom. The second kappa shape index (κ2) is 10.7. The number of carbonyl (C=O) groups is 1. The van der Waals surface area contributed by atoms with Crippen LogP contribution in [0.5, 0.6) is 0 Å². The zero-order chi connectivity index (χ0) is 24.2. The fourth-order valence-corrected chi connectivity index (χ4v) is 5.43. The fourth-order valence-electron chi connectivity index (χ4n) is 5.30. The number of halogens is 1. The smallest absolute Gasteiger partial charge is 0.221 e. The summed E-state index contributed by atoms with van der Waals surface area (Å²) in [6.45, 7) is 2.98. The molecule has 0 spiro atoms. The van der Waals surface area contributed by atoms with Crippen molar-refractivity contribution in [1.82, 2.24) is 14.8 Å². The highest BCUT2D eigenvalue weighted by Gasteiger charge is 2.25. The molecule has 0 bridgehead atoms. The van der Waals surface area contributed by atoms with Crippen molar-refractivity contribution in [3.63, 3.8) is 0 Å². The van der Waals surface area contributed by atoms with Gasteiger partial charge in [0.2, 0.25) is 5.91 Å². The molecule has 0 saturated carbocycles. The highest BCUT2D eigenvalue weighted by atomic mass is 35.5. The second-order valence-electron chi connectivity index (χ2n) is 9.62. The number of nitrogens with zero attached hydrogens (tertiary/aromatic N) is 2. The number of fused-ring (bicyclic) bond motifs is 1. The number of piperidine rings is 1. The van der Waals surface area contributed by atoms with Gasteiger partial charge in [0.05, 0.1) is 0 Å². The zero-order valence-corrected chi connectivity index (χ0v) is 20.9. The first-order chi connectivity index (χ1) is 17.1. The minimum Gasteiger partial charge on any atom is -0.353 e. The summed E-state index contributed by atoms with van der Waals surface area (Å²) in [5.74, 6) is 0.0796. The number of benzene rings is 3. The molecule has 5 heteroatoms. The minimum absolute atomic E-state index is 0.0310. The maximum atomic E-state index is 13.3. The van der Waals surface area contributed by atoms with E-state index in [9.17, 15) is 4.79 Å². The van der Waals surface area contributed by atoms with Crippen molar-refractivity contribution in [1.29, 1.82) is 0 Å². The van der Waals surface area contributed by atoms with Gasteiger partial charge in [-0.25, -0.2) is 0 Å². The van der Waals surface area contributed by atoms with Crippen LogP contribution in [0.15, 0.2) is 85.1 Å². The van der Waals surface area contributed by atoms with E-state index < -0.39 is 0 Å². The van der Waals surface area contributed by atoms with Crippen molar-refractivity contribution in [3.8, 4) is 0 Å². The first kappa shape index (κ1) is 23.7. The van der Waals surface area contributed by atoms with Gasteiger partial charge in [-0.05, 0) is 47.7 Å². The van der Waals surface area contributed by atoms with Gasteiger partial charge in [0.15, 0.2) is 0 Å². The molecule has 4 aromatic rings. The van der Waals surface area contributed by atoms with E-state index in [1.165, 1.54) is 22.0 Å². The van der Waals surface area contributed by atoms with Gasteiger partial charge in [0.25, 0.3) is 0 Å². The monoisotopic (exact) mass is 485 g/mol. The Hall–Kier alpha value is -3.08. The van der Waals surface area contributed by atoms with Gasteiger partial charge < -0.3 is 9.88 Å². The molecule has 5 rings (SSSR count). The predicted molar refractivity (Wildman–Crippen MR) is 144 cm³/mol. The van der Waals surface area contributed by atoms with Gasteiger partial charge in [-0.2, -0.15) is 0 Å². The molecule has 0 aliphatic carbocycles. The Morgan fingerprint density at radius 3 is 2.40 bits per heavy atom. The van der Waals surface area contributed by atoms with Crippen molar-refractivity contribution in [2.24, 2.45) is 7.05 Å². The SMILES string of the molecule is Cn1cc([C@H](CC(=O)NC2CCN(Cc3ccccc3)CC2)c2ccc(Cl)cc2)c2ccccc21. The first-order valence-electron chi connectivity index (χ1n) is 12.4. The molecule has 0 radical (unpaired) electrons. The third-order valence-corrected chi connectivity index (χ3v) is 7.42. The third kappa shape index (κ3) is 5.61. The van der Waals surface area contributed by atoms with E-state index in [1.807, 2.05) is 24.3 Å². The van der Waals surface area contributed by atoms with Crippen LogP contribution in [0, 0.1) is 0 Å². The van der Waals surface area contributed by atoms with Crippen LogP contribution >= 0.6 is 11.6 Å². The standard InChI is InChI=1S/C30H32ClN3O/c1-33-21-28(26-9-5-6-10-29(26)33)27(23-11-13-24(31)14-12-23)19-30(35)32-25-15-17-34(18-16-25)20-22-7-3-2-4-8-22/h2-14,21,25,27H,15-20H2,1H3,(H,32,35)/t27-/m1/s1. The molecule has 2 heterocycles. The molecule has 1 amide bonds. The Morgan fingerprint density at radius 2 is 1.66 bits per heavy atom. The van der Waals surface area contributed by atoms with Crippen LogP contribution in [0.3, 0.4) is 0 Å². The van der Waals surface area contributed by atoms with Crippen LogP contribution in [-0.4, -0.2) is 34.5 Å². The number of hydrogen-bond acceptors (Lipinski definition) is 2. The summed E-state index contributed by atoms with van der Waals surface area (Å²) in [7, 11) is 2.06. The summed E-state index contributed by atoms with van der Waals surface area (Å²) >= 11 is 6.17.